The number of aryl methyl sites for hydroxylation is 2. The Morgan fingerprint density at radius 2 is 1.71 bits per heavy atom. The molecule has 3 rings (SSSR count). The molecule has 0 aliphatic carbocycles. The van der Waals surface area contributed by atoms with Crippen LogP contribution in [0, 0.1) is 6.92 Å². The van der Waals surface area contributed by atoms with Crippen molar-refractivity contribution in [3.63, 3.8) is 0 Å². The van der Waals surface area contributed by atoms with Gasteiger partial charge in [0.15, 0.2) is 0 Å². The molecule has 1 N–H and O–H groups in total. The zero-order chi connectivity index (χ0) is 19.8. The number of hydrogen-bond acceptors (Lipinski definition) is 2. The monoisotopic (exact) mass is 379 g/mol. The lowest BCUT2D eigenvalue weighted by molar-refractivity contribution is -0.137. The molecule has 0 atom stereocenters. The SMILES string of the molecule is Cc1ccc2c(c1CCCCc1ccccc1)CCN(CCCC(=O)O)CC2. The molecular formula is C25H33NO2. The van der Waals surface area contributed by atoms with Gasteiger partial charge in [0.1, 0.15) is 0 Å². The first-order valence-electron chi connectivity index (χ1n) is 10.7. The van der Waals surface area contributed by atoms with Crippen LogP contribution in [0.3, 0.4) is 0 Å². The fourth-order valence-electron chi connectivity index (χ4n) is 4.37. The molecular weight excluding hydrogens is 346 g/mol. The van der Waals surface area contributed by atoms with Crippen LogP contribution in [-0.4, -0.2) is 35.6 Å². The highest BCUT2D eigenvalue weighted by Crippen LogP contribution is 2.25. The quantitative estimate of drug-likeness (QED) is 0.635. The molecule has 2 aromatic rings. The maximum absolute atomic E-state index is 10.8. The summed E-state index contributed by atoms with van der Waals surface area (Å²) in [5.74, 6) is -0.688. The van der Waals surface area contributed by atoms with Crippen LogP contribution in [0.2, 0.25) is 0 Å². The van der Waals surface area contributed by atoms with E-state index in [4.69, 9.17) is 5.11 Å². The smallest absolute Gasteiger partial charge is 0.303 e. The second-order valence-electron chi connectivity index (χ2n) is 8.03. The van der Waals surface area contributed by atoms with E-state index in [1.165, 1.54) is 36.0 Å². The Hall–Kier alpha value is -2.13. The molecule has 0 fully saturated rings. The molecule has 0 amide bonds. The summed E-state index contributed by atoms with van der Waals surface area (Å²) in [6, 6.07) is 15.4. The van der Waals surface area contributed by atoms with Crippen molar-refractivity contribution >= 4 is 5.97 Å². The van der Waals surface area contributed by atoms with E-state index in [0.717, 1.165) is 45.3 Å². The van der Waals surface area contributed by atoms with Crippen molar-refractivity contribution in [1.82, 2.24) is 4.90 Å². The summed E-state index contributed by atoms with van der Waals surface area (Å²) < 4.78 is 0. The van der Waals surface area contributed by atoms with Gasteiger partial charge in [-0.15, -0.1) is 0 Å². The Bertz CT molecular complexity index is 770. The summed E-state index contributed by atoms with van der Waals surface area (Å²) in [7, 11) is 0. The van der Waals surface area contributed by atoms with Crippen LogP contribution >= 0.6 is 0 Å². The van der Waals surface area contributed by atoms with E-state index in [1.807, 2.05) is 0 Å². The summed E-state index contributed by atoms with van der Waals surface area (Å²) in [4.78, 5) is 13.2. The minimum Gasteiger partial charge on any atom is -0.481 e. The van der Waals surface area contributed by atoms with E-state index < -0.39 is 5.97 Å². The summed E-state index contributed by atoms with van der Waals surface area (Å²) >= 11 is 0. The van der Waals surface area contributed by atoms with Crippen LogP contribution in [0.1, 0.15) is 53.5 Å². The van der Waals surface area contributed by atoms with Crippen LogP contribution in [0.4, 0.5) is 0 Å². The van der Waals surface area contributed by atoms with Crippen molar-refractivity contribution in [2.45, 2.75) is 58.3 Å². The third-order valence-corrected chi connectivity index (χ3v) is 5.99. The van der Waals surface area contributed by atoms with Crippen molar-refractivity contribution in [3.8, 4) is 0 Å². The molecule has 0 saturated carbocycles. The number of carbonyl (C=O) groups is 1. The van der Waals surface area contributed by atoms with Crippen LogP contribution in [0.5, 0.6) is 0 Å². The average molecular weight is 380 g/mol. The number of carboxylic acid groups (broad SMARTS) is 1. The lowest BCUT2D eigenvalue weighted by atomic mass is 9.90. The van der Waals surface area contributed by atoms with Gasteiger partial charge in [0, 0.05) is 19.5 Å². The van der Waals surface area contributed by atoms with Crippen LogP contribution in [0.15, 0.2) is 42.5 Å². The number of unbranched alkanes of at least 4 members (excludes halogenated alkanes) is 1. The predicted molar refractivity (Wildman–Crippen MR) is 115 cm³/mol. The van der Waals surface area contributed by atoms with Gasteiger partial charge in [-0.25, -0.2) is 0 Å². The molecule has 0 saturated heterocycles. The van der Waals surface area contributed by atoms with Gasteiger partial charge in [-0.1, -0.05) is 42.5 Å². The molecule has 3 nitrogen and oxygen atoms in total. The summed E-state index contributed by atoms with van der Waals surface area (Å²) in [6.45, 7) is 5.24. The second kappa shape index (κ2) is 10.4. The molecule has 150 valence electrons. The molecule has 0 unspecified atom stereocenters. The topological polar surface area (TPSA) is 40.5 Å². The standard InChI is InChI=1S/C25H33NO2/c1-20-13-14-22-15-18-26(17-7-12-25(27)28)19-16-24(22)23(20)11-6-5-10-21-8-3-2-4-9-21/h2-4,8-9,13-14H,5-7,10-12,15-19H2,1H3,(H,27,28). The number of hydrogen-bond donors (Lipinski definition) is 1. The zero-order valence-electron chi connectivity index (χ0n) is 17.1. The van der Waals surface area contributed by atoms with Gasteiger partial charge in [-0.3, -0.25) is 4.79 Å². The highest BCUT2D eigenvalue weighted by Gasteiger charge is 2.17. The Balaban J connectivity index is 1.56. The number of aliphatic carboxylic acids is 1. The summed E-state index contributed by atoms with van der Waals surface area (Å²) in [5.41, 5.74) is 7.50. The number of carboxylic acids is 1. The molecule has 0 bridgehead atoms. The van der Waals surface area contributed by atoms with Crippen molar-refractivity contribution in [1.29, 1.82) is 0 Å². The molecule has 0 aromatic heterocycles. The highest BCUT2D eigenvalue weighted by molar-refractivity contribution is 5.66. The van der Waals surface area contributed by atoms with Gasteiger partial charge in [0.2, 0.25) is 0 Å². The average Bonchev–Trinajstić information content (AvgIpc) is 2.90. The first kappa shape index (κ1) is 20.6. The third-order valence-electron chi connectivity index (χ3n) is 5.99. The first-order chi connectivity index (χ1) is 13.6. The van der Waals surface area contributed by atoms with Gasteiger partial charge in [0.25, 0.3) is 0 Å². The van der Waals surface area contributed by atoms with Gasteiger partial charge >= 0.3 is 5.97 Å². The number of nitrogens with zero attached hydrogens (tertiary/aromatic N) is 1. The maximum atomic E-state index is 10.8. The van der Waals surface area contributed by atoms with Crippen molar-refractivity contribution in [3.05, 3.63) is 70.3 Å². The van der Waals surface area contributed by atoms with E-state index >= 15 is 0 Å². The first-order valence-corrected chi connectivity index (χ1v) is 10.7. The molecule has 1 aliphatic rings. The molecule has 3 heteroatoms. The van der Waals surface area contributed by atoms with Crippen molar-refractivity contribution in [2.24, 2.45) is 0 Å². The normalized spacial score (nSPS) is 14.5. The van der Waals surface area contributed by atoms with E-state index in [0.29, 0.717) is 0 Å². The van der Waals surface area contributed by atoms with Crippen LogP contribution in [-0.2, 0) is 30.5 Å². The molecule has 0 radical (unpaired) electrons. The molecule has 1 heterocycles. The molecule has 1 aliphatic heterocycles. The number of benzene rings is 2. The predicted octanol–water partition coefficient (Wildman–Crippen LogP) is 4.83. The largest absolute Gasteiger partial charge is 0.481 e. The van der Waals surface area contributed by atoms with Crippen molar-refractivity contribution < 1.29 is 9.90 Å². The van der Waals surface area contributed by atoms with E-state index in [1.54, 1.807) is 11.1 Å². The van der Waals surface area contributed by atoms with Crippen LogP contribution < -0.4 is 0 Å². The Labute approximate surface area is 169 Å². The van der Waals surface area contributed by atoms with E-state index in [-0.39, 0.29) is 6.42 Å². The fraction of sp³-hybridized carbons (Fsp3) is 0.480. The van der Waals surface area contributed by atoms with Crippen LogP contribution in [0.25, 0.3) is 0 Å². The Morgan fingerprint density at radius 1 is 0.964 bits per heavy atom. The number of fused-ring (bicyclic) bond motifs is 1. The third kappa shape index (κ3) is 5.93. The maximum Gasteiger partial charge on any atom is 0.303 e. The lowest BCUT2D eigenvalue weighted by Gasteiger charge is -2.19. The van der Waals surface area contributed by atoms with Gasteiger partial charge < -0.3 is 10.0 Å². The van der Waals surface area contributed by atoms with Crippen molar-refractivity contribution in [2.75, 3.05) is 19.6 Å². The van der Waals surface area contributed by atoms with Gasteiger partial charge in [-0.05, 0) is 86.2 Å². The second-order valence-corrected chi connectivity index (χ2v) is 8.03. The Kier molecular flexibility index (Phi) is 7.67. The summed E-state index contributed by atoms with van der Waals surface area (Å²) in [5, 5.41) is 8.86. The number of rotatable bonds is 9. The molecule has 2 aromatic carbocycles. The zero-order valence-corrected chi connectivity index (χ0v) is 17.1. The molecule has 28 heavy (non-hydrogen) atoms. The minimum absolute atomic E-state index is 0.273. The van der Waals surface area contributed by atoms with E-state index in [9.17, 15) is 4.79 Å². The van der Waals surface area contributed by atoms with Gasteiger partial charge in [0.05, 0.1) is 0 Å². The highest BCUT2D eigenvalue weighted by atomic mass is 16.4. The lowest BCUT2D eigenvalue weighted by Crippen LogP contribution is -2.28. The molecule has 0 spiro atoms. The van der Waals surface area contributed by atoms with E-state index in [2.05, 4.69) is 54.3 Å². The summed E-state index contributed by atoms with van der Waals surface area (Å²) in [6.07, 6.45) is 7.99. The Morgan fingerprint density at radius 3 is 2.50 bits per heavy atom. The van der Waals surface area contributed by atoms with Gasteiger partial charge in [-0.2, -0.15) is 0 Å². The fourth-order valence-corrected chi connectivity index (χ4v) is 4.37. The minimum atomic E-state index is -0.688.